The second kappa shape index (κ2) is 8.63. The van der Waals surface area contributed by atoms with Crippen LogP contribution >= 0.6 is 0 Å². The summed E-state index contributed by atoms with van der Waals surface area (Å²) in [7, 11) is 0. The Balaban J connectivity index is 1.51. The first-order valence-electron chi connectivity index (χ1n) is 10.4. The molecule has 0 spiro atoms. The van der Waals surface area contributed by atoms with Gasteiger partial charge in [0.15, 0.2) is 5.76 Å². The molecule has 0 saturated carbocycles. The summed E-state index contributed by atoms with van der Waals surface area (Å²) >= 11 is 0. The molecule has 2 aromatic rings. The summed E-state index contributed by atoms with van der Waals surface area (Å²) in [6.07, 6.45) is -2.49. The molecule has 0 radical (unpaired) electrons. The highest BCUT2D eigenvalue weighted by Crippen LogP contribution is 2.35. The minimum atomic E-state index is -1.07. The lowest BCUT2D eigenvalue weighted by Gasteiger charge is -2.47. The average Bonchev–Trinajstić information content (AvgIpc) is 3.25. The molecule has 1 aromatic carbocycles. The van der Waals surface area contributed by atoms with Gasteiger partial charge in [0.1, 0.15) is 30.1 Å². The number of carbonyl (C=O) groups excluding carboxylic acids is 1. The van der Waals surface area contributed by atoms with E-state index in [0.717, 1.165) is 0 Å². The number of furan rings is 1. The minimum Gasteiger partial charge on any atom is -0.464 e. The second-order valence-corrected chi connectivity index (χ2v) is 8.93. The molecule has 0 bridgehead atoms. The number of amides is 1. The van der Waals surface area contributed by atoms with Crippen molar-refractivity contribution in [1.29, 1.82) is 0 Å². The summed E-state index contributed by atoms with van der Waals surface area (Å²) in [6, 6.07) is 10.3. The van der Waals surface area contributed by atoms with Crippen LogP contribution in [0.5, 0.6) is 5.75 Å². The van der Waals surface area contributed by atoms with Gasteiger partial charge in [0.2, 0.25) is 18.5 Å². The van der Waals surface area contributed by atoms with E-state index in [0.29, 0.717) is 11.5 Å². The van der Waals surface area contributed by atoms with Gasteiger partial charge < -0.3 is 33.8 Å². The molecule has 2 saturated heterocycles. The van der Waals surface area contributed by atoms with Crippen molar-refractivity contribution in [2.45, 2.75) is 70.0 Å². The first-order valence-corrected chi connectivity index (χ1v) is 10.4. The maximum atomic E-state index is 11.8. The Morgan fingerprint density at radius 1 is 1.16 bits per heavy atom. The van der Waals surface area contributed by atoms with E-state index in [2.05, 4.69) is 26.1 Å². The molecule has 3 heterocycles. The summed E-state index contributed by atoms with van der Waals surface area (Å²) < 4.78 is 29.1. The number of aliphatic hydroxyl groups is 1. The van der Waals surface area contributed by atoms with Crippen molar-refractivity contribution in [3.63, 3.8) is 0 Å². The molecule has 1 aromatic heterocycles. The van der Waals surface area contributed by atoms with Crippen LogP contribution in [0.25, 0.3) is 0 Å². The summed E-state index contributed by atoms with van der Waals surface area (Å²) in [4.78, 5) is 11.8. The minimum absolute atomic E-state index is 0.0172. The largest absolute Gasteiger partial charge is 0.464 e. The van der Waals surface area contributed by atoms with Crippen molar-refractivity contribution in [1.82, 2.24) is 5.32 Å². The van der Waals surface area contributed by atoms with Crippen molar-refractivity contribution in [3.8, 4) is 5.75 Å². The number of aliphatic hydroxyl groups excluding tert-OH is 1. The highest BCUT2D eigenvalue weighted by atomic mass is 16.8. The van der Waals surface area contributed by atoms with Gasteiger partial charge in [-0.25, -0.2) is 0 Å². The Kier molecular flexibility index (Phi) is 6.07. The number of benzene rings is 1. The lowest BCUT2D eigenvalue weighted by Crippen LogP contribution is -2.67. The number of hydrogen-bond donors (Lipinski definition) is 2. The Labute approximate surface area is 181 Å². The molecule has 6 atom stereocenters. The van der Waals surface area contributed by atoms with Crippen LogP contribution in [0, 0.1) is 0 Å². The van der Waals surface area contributed by atoms with Gasteiger partial charge in [0.25, 0.3) is 0 Å². The molecule has 8 heteroatoms. The molecule has 0 aliphatic carbocycles. The number of ether oxygens (including phenoxy) is 4. The lowest BCUT2D eigenvalue weighted by molar-refractivity contribution is -0.336. The molecule has 31 heavy (non-hydrogen) atoms. The van der Waals surface area contributed by atoms with Gasteiger partial charge >= 0.3 is 0 Å². The predicted molar refractivity (Wildman–Crippen MR) is 110 cm³/mol. The van der Waals surface area contributed by atoms with Gasteiger partial charge in [-0.3, -0.25) is 4.79 Å². The van der Waals surface area contributed by atoms with Crippen LogP contribution in [0.2, 0.25) is 0 Å². The lowest BCUT2D eigenvalue weighted by atomic mass is 9.87. The van der Waals surface area contributed by atoms with E-state index in [9.17, 15) is 9.90 Å². The fraction of sp³-hybridized carbons (Fsp3) is 0.522. The maximum absolute atomic E-state index is 11.8. The fourth-order valence-corrected chi connectivity index (χ4v) is 3.82. The summed E-state index contributed by atoms with van der Waals surface area (Å²) in [5.41, 5.74) is 1.18. The fourth-order valence-electron chi connectivity index (χ4n) is 3.82. The average molecular weight is 431 g/mol. The van der Waals surface area contributed by atoms with E-state index >= 15 is 0 Å². The number of nitrogens with one attached hydrogen (secondary N) is 1. The van der Waals surface area contributed by atoms with Gasteiger partial charge in [-0.2, -0.15) is 0 Å². The summed E-state index contributed by atoms with van der Waals surface area (Å²) in [6.45, 7) is 7.97. The van der Waals surface area contributed by atoms with Gasteiger partial charge in [-0.15, -0.1) is 0 Å². The zero-order valence-electron chi connectivity index (χ0n) is 18.1. The number of fused-ring (bicyclic) bond motifs is 1. The molecule has 4 rings (SSSR count). The Morgan fingerprint density at radius 2 is 1.90 bits per heavy atom. The number of hydrogen-bond acceptors (Lipinski definition) is 7. The molecule has 2 N–H and O–H groups in total. The van der Waals surface area contributed by atoms with E-state index in [1.54, 1.807) is 12.1 Å². The number of rotatable bonds is 4. The smallest absolute Gasteiger partial charge is 0.223 e. The van der Waals surface area contributed by atoms with Crippen molar-refractivity contribution in [2.24, 2.45) is 0 Å². The van der Waals surface area contributed by atoms with E-state index in [1.165, 1.54) is 18.8 Å². The third kappa shape index (κ3) is 4.77. The highest BCUT2D eigenvalue weighted by molar-refractivity contribution is 5.73. The van der Waals surface area contributed by atoms with Crippen LogP contribution in [0.15, 0.2) is 47.1 Å². The van der Waals surface area contributed by atoms with Crippen LogP contribution in [0.4, 0.5) is 0 Å². The van der Waals surface area contributed by atoms with E-state index in [-0.39, 0.29) is 17.9 Å². The molecule has 8 nitrogen and oxygen atoms in total. The van der Waals surface area contributed by atoms with Crippen LogP contribution in [-0.4, -0.2) is 48.3 Å². The third-order valence-corrected chi connectivity index (χ3v) is 5.48. The SMILES string of the molecule is CC(=O)N[C@@H]1[C@H](Oc2ccc(C(C)(C)C)cc2)O[C@@H]2CO[C@H](c3ccco3)O[C@H]2[C@@H]1O. The molecule has 2 aliphatic heterocycles. The Hall–Kier alpha value is -2.39. The maximum Gasteiger partial charge on any atom is 0.223 e. The first-order chi connectivity index (χ1) is 14.7. The van der Waals surface area contributed by atoms with E-state index in [1.807, 2.05) is 24.3 Å². The van der Waals surface area contributed by atoms with Gasteiger partial charge in [-0.1, -0.05) is 32.9 Å². The Bertz CT molecular complexity index is 874. The van der Waals surface area contributed by atoms with Crippen LogP contribution < -0.4 is 10.1 Å². The summed E-state index contributed by atoms with van der Waals surface area (Å²) in [5, 5.41) is 13.8. The van der Waals surface area contributed by atoms with Crippen LogP contribution in [-0.2, 0) is 24.4 Å². The molecule has 2 fully saturated rings. The normalized spacial score (nSPS) is 31.0. The molecule has 168 valence electrons. The molecular weight excluding hydrogens is 402 g/mol. The van der Waals surface area contributed by atoms with Crippen LogP contribution in [0.3, 0.4) is 0 Å². The van der Waals surface area contributed by atoms with Crippen molar-refractivity contribution >= 4 is 5.91 Å². The molecule has 0 unspecified atom stereocenters. The van der Waals surface area contributed by atoms with Gasteiger partial charge in [-0.05, 0) is 35.2 Å². The van der Waals surface area contributed by atoms with E-state index < -0.39 is 36.9 Å². The standard InChI is InChI=1S/C23H29NO7/c1-13(25)24-18-19(26)20-17(12-28-21(31-20)16-6-5-11-27-16)30-22(18)29-15-9-7-14(8-10-15)23(2,3)4/h5-11,17-22,26H,12H2,1-4H3,(H,24,25)/t17-,18+,19-,20-,21+,22-/m1/s1. The highest BCUT2D eigenvalue weighted by Gasteiger charge is 2.51. The molecular formula is C23H29NO7. The number of carbonyl (C=O) groups is 1. The zero-order chi connectivity index (χ0) is 22.2. The zero-order valence-corrected chi connectivity index (χ0v) is 18.1. The predicted octanol–water partition coefficient (Wildman–Crippen LogP) is 2.66. The summed E-state index contributed by atoms with van der Waals surface area (Å²) in [5.74, 6) is 0.765. The van der Waals surface area contributed by atoms with E-state index in [4.69, 9.17) is 23.4 Å². The van der Waals surface area contributed by atoms with Crippen molar-refractivity contribution in [3.05, 3.63) is 54.0 Å². The van der Waals surface area contributed by atoms with Crippen molar-refractivity contribution in [2.75, 3.05) is 6.61 Å². The van der Waals surface area contributed by atoms with Gasteiger partial charge in [0.05, 0.1) is 12.9 Å². The quantitative estimate of drug-likeness (QED) is 0.768. The topological polar surface area (TPSA) is 99.4 Å². The molecule has 1 amide bonds. The second-order valence-electron chi connectivity index (χ2n) is 8.93. The van der Waals surface area contributed by atoms with Crippen LogP contribution in [0.1, 0.15) is 45.3 Å². The monoisotopic (exact) mass is 431 g/mol. The Morgan fingerprint density at radius 3 is 2.52 bits per heavy atom. The van der Waals surface area contributed by atoms with Gasteiger partial charge in [0, 0.05) is 6.92 Å². The third-order valence-electron chi connectivity index (χ3n) is 5.48. The molecule has 2 aliphatic rings. The first kappa shape index (κ1) is 21.8. The van der Waals surface area contributed by atoms with Crippen molar-refractivity contribution < 1.29 is 33.3 Å².